The molecule has 1 fully saturated rings. The topological polar surface area (TPSA) is 62.7 Å². The van der Waals surface area contributed by atoms with Gasteiger partial charge in [-0.15, -0.1) is 11.3 Å². The zero-order valence-electron chi connectivity index (χ0n) is 18.7. The molecule has 0 N–H and O–H groups in total. The van der Waals surface area contributed by atoms with Gasteiger partial charge in [-0.1, -0.05) is 43.3 Å². The van der Waals surface area contributed by atoms with Crippen molar-refractivity contribution < 1.29 is 18.7 Å². The van der Waals surface area contributed by atoms with Crippen molar-refractivity contribution in [3.05, 3.63) is 76.5 Å². The van der Waals surface area contributed by atoms with E-state index in [1.54, 1.807) is 22.4 Å². The summed E-state index contributed by atoms with van der Waals surface area (Å²) >= 11 is 1.46. The van der Waals surface area contributed by atoms with E-state index < -0.39 is 12.0 Å². The molecule has 1 atom stereocenters. The van der Waals surface area contributed by atoms with E-state index in [0.717, 1.165) is 17.0 Å². The number of methoxy groups -OCH3 is 1. The van der Waals surface area contributed by atoms with E-state index in [-0.39, 0.29) is 11.7 Å². The molecule has 2 aromatic carbocycles. The van der Waals surface area contributed by atoms with E-state index in [0.29, 0.717) is 37.4 Å². The Bertz CT molecular complexity index is 1110. The predicted octanol–water partition coefficient (Wildman–Crippen LogP) is 4.18. The van der Waals surface area contributed by atoms with Gasteiger partial charge in [-0.2, -0.15) is 0 Å². The maximum absolute atomic E-state index is 13.3. The lowest BCUT2D eigenvalue weighted by atomic mass is 10.0. The van der Waals surface area contributed by atoms with Crippen LogP contribution in [0.4, 0.5) is 4.39 Å². The number of thiazole rings is 1. The molecule has 8 heteroatoms. The van der Waals surface area contributed by atoms with Gasteiger partial charge in [0.1, 0.15) is 22.6 Å². The van der Waals surface area contributed by atoms with Gasteiger partial charge in [0.2, 0.25) is 0 Å². The van der Waals surface area contributed by atoms with Gasteiger partial charge in [-0.25, -0.2) is 14.2 Å². The van der Waals surface area contributed by atoms with E-state index in [1.807, 2.05) is 17.0 Å². The van der Waals surface area contributed by atoms with Gasteiger partial charge in [0, 0.05) is 37.1 Å². The van der Waals surface area contributed by atoms with Crippen LogP contribution in [0.25, 0.3) is 10.6 Å². The molecule has 1 amide bonds. The molecule has 33 heavy (non-hydrogen) atoms. The van der Waals surface area contributed by atoms with Crippen molar-refractivity contribution >= 4 is 23.2 Å². The highest BCUT2D eigenvalue weighted by molar-refractivity contribution is 7.13. The lowest BCUT2D eigenvalue weighted by Crippen LogP contribution is -2.51. The molecule has 0 aliphatic carbocycles. The van der Waals surface area contributed by atoms with E-state index in [2.05, 4.69) is 24.0 Å². The number of hydrogen-bond donors (Lipinski definition) is 0. The molecule has 0 saturated carbocycles. The minimum Gasteiger partial charge on any atom is -0.468 e. The fourth-order valence-corrected chi connectivity index (χ4v) is 4.79. The van der Waals surface area contributed by atoms with Crippen molar-refractivity contribution in [2.75, 3.05) is 33.3 Å². The van der Waals surface area contributed by atoms with Crippen LogP contribution in [-0.4, -0.2) is 59.9 Å². The van der Waals surface area contributed by atoms with Gasteiger partial charge < -0.3 is 9.64 Å². The number of benzene rings is 2. The van der Waals surface area contributed by atoms with Gasteiger partial charge in [0.15, 0.2) is 0 Å². The molecule has 0 bridgehead atoms. The molecule has 1 saturated heterocycles. The van der Waals surface area contributed by atoms with Crippen LogP contribution in [0.3, 0.4) is 0 Å². The van der Waals surface area contributed by atoms with Crippen LogP contribution >= 0.6 is 11.3 Å². The van der Waals surface area contributed by atoms with E-state index in [9.17, 15) is 14.0 Å². The SMILES string of the molecule is CCc1ccc(-c2nc(C(=O)N3CCN([C@@H](C(=O)OC)c4ccc(F)cc4)CC3)cs2)cc1. The molecule has 1 aromatic heterocycles. The Morgan fingerprint density at radius 2 is 1.73 bits per heavy atom. The second kappa shape index (κ2) is 10.2. The zero-order chi connectivity index (χ0) is 23.4. The molecule has 1 aliphatic heterocycles. The summed E-state index contributed by atoms with van der Waals surface area (Å²) in [5.74, 6) is -0.875. The third-order valence-electron chi connectivity index (χ3n) is 5.91. The van der Waals surface area contributed by atoms with E-state index in [1.165, 1.54) is 36.1 Å². The number of ether oxygens (including phenoxy) is 1. The lowest BCUT2D eigenvalue weighted by Gasteiger charge is -2.38. The highest BCUT2D eigenvalue weighted by atomic mass is 32.1. The molecule has 1 aliphatic rings. The van der Waals surface area contributed by atoms with Gasteiger partial charge in [-0.05, 0) is 29.7 Å². The van der Waals surface area contributed by atoms with E-state index >= 15 is 0 Å². The van der Waals surface area contributed by atoms with Gasteiger partial charge in [0.05, 0.1) is 7.11 Å². The van der Waals surface area contributed by atoms with Gasteiger partial charge in [-0.3, -0.25) is 9.69 Å². The number of amides is 1. The fourth-order valence-electron chi connectivity index (χ4n) is 3.99. The molecule has 0 unspecified atom stereocenters. The first kappa shape index (κ1) is 23.1. The smallest absolute Gasteiger partial charge is 0.327 e. The number of rotatable bonds is 6. The van der Waals surface area contributed by atoms with E-state index in [4.69, 9.17) is 4.74 Å². The largest absolute Gasteiger partial charge is 0.468 e. The molecule has 2 heterocycles. The number of aromatic nitrogens is 1. The average Bonchev–Trinajstić information content (AvgIpc) is 3.35. The number of esters is 1. The third kappa shape index (κ3) is 5.12. The second-order valence-electron chi connectivity index (χ2n) is 7.89. The summed E-state index contributed by atoms with van der Waals surface area (Å²) in [5, 5.41) is 2.62. The maximum Gasteiger partial charge on any atom is 0.327 e. The Balaban J connectivity index is 1.42. The van der Waals surface area contributed by atoms with Crippen LogP contribution in [0, 0.1) is 5.82 Å². The minimum atomic E-state index is -0.634. The van der Waals surface area contributed by atoms with Crippen LogP contribution in [0.5, 0.6) is 0 Å². The van der Waals surface area contributed by atoms with Crippen molar-refractivity contribution in [2.24, 2.45) is 0 Å². The first-order valence-corrected chi connectivity index (χ1v) is 11.8. The van der Waals surface area contributed by atoms with Crippen molar-refractivity contribution in [3.8, 4) is 10.6 Å². The number of halogens is 1. The number of aryl methyl sites for hydroxylation is 1. The summed E-state index contributed by atoms with van der Waals surface area (Å²) in [6, 6.07) is 13.5. The number of hydrogen-bond acceptors (Lipinski definition) is 6. The quantitative estimate of drug-likeness (QED) is 0.509. The standard InChI is InChI=1S/C25H26FN3O3S/c1-3-17-4-6-19(7-5-17)23-27-21(16-33-23)24(30)29-14-12-28(13-15-29)22(25(31)32-2)18-8-10-20(26)11-9-18/h4-11,16,22H,3,12-15H2,1-2H3/t22-/m1/s1. The summed E-state index contributed by atoms with van der Waals surface area (Å²) in [4.78, 5) is 33.8. The third-order valence-corrected chi connectivity index (χ3v) is 6.80. The molecule has 4 rings (SSSR count). The normalized spacial score (nSPS) is 15.3. The molecular weight excluding hydrogens is 441 g/mol. The molecule has 6 nitrogen and oxygen atoms in total. The van der Waals surface area contributed by atoms with Crippen molar-refractivity contribution in [1.82, 2.24) is 14.8 Å². The first-order valence-electron chi connectivity index (χ1n) is 10.9. The molecule has 3 aromatic rings. The number of carbonyl (C=O) groups excluding carboxylic acids is 2. The predicted molar refractivity (Wildman–Crippen MR) is 126 cm³/mol. The van der Waals surface area contributed by atoms with Crippen LogP contribution in [0.1, 0.15) is 34.6 Å². The monoisotopic (exact) mass is 467 g/mol. The minimum absolute atomic E-state index is 0.112. The Labute approximate surface area is 196 Å². The van der Waals surface area contributed by atoms with Crippen LogP contribution in [0.15, 0.2) is 53.9 Å². The molecule has 0 radical (unpaired) electrons. The van der Waals surface area contributed by atoms with Crippen molar-refractivity contribution in [2.45, 2.75) is 19.4 Å². The Hall–Kier alpha value is -3.10. The number of piperazine rings is 1. The van der Waals surface area contributed by atoms with Gasteiger partial charge in [0.25, 0.3) is 5.91 Å². The number of carbonyl (C=O) groups is 2. The lowest BCUT2D eigenvalue weighted by molar-refractivity contribution is -0.148. The summed E-state index contributed by atoms with van der Waals surface area (Å²) in [7, 11) is 1.34. The van der Waals surface area contributed by atoms with Crippen LogP contribution < -0.4 is 0 Å². The second-order valence-corrected chi connectivity index (χ2v) is 8.75. The Morgan fingerprint density at radius 1 is 1.06 bits per heavy atom. The average molecular weight is 468 g/mol. The highest BCUT2D eigenvalue weighted by Gasteiger charge is 2.33. The highest BCUT2D eigenvalue weighted by Crippen LogP contribution is 2.27. The van der Waals surface area contributed by atoms with Crippen molar-refractivity contribution in [3.63, 3.8) is 0 Å². The van der Waals surface area contributed by atoms with Crippen LogP contribution in [-0.2, 0) is 16.0 Å². The molecular formula is C25H26FN3O3S. The van der Waals surface area contributed by atoms with Crippen LogP contribution in [0.2, 0.25) is 0 Å². The first-order chi connectivity index (χ1) is 16.0. The zero-order valence-corrected chi connectivity index (χ0v) is 19.5. The fraction of sp³-hybridized carbons (Fsp3) is 0.320. The Kier molecular flexibility index (Phi) is 7.15. The Morgan fingerprint density at radius 3 is 2.33 bits per heavy atom. The van der Waals surface area contributed by atoms with Gasteiger partial charge >= 0.3 is 5.97 Å². The summed E-state index contributed by atoms with van der Waals surface area (Å²) in [6.07, 6.45) is 0.978. The summed E-state index contributed by atoms with van der Waals surface area (Å²) < 4.78 is 18.3. The maximum atomic E-state index is 13.3. The molecule has 172 valence electrons. The molecule has 0 spiro atoms. The number of nitrogens with zero attached hydrogens (tertiary/aromatic N) is 3. The summed E-state index contributed by atoms with van der Waals surface area (Å²) in [6.45, 7) is 4.04. The van der Waals surface area contributed by atoms with Crippen molar-refractivity contribution in [1.29, 1.82) is 0 Å². The summed E-state index contributed by atoms with van der Waals surface area (Å²) in [5.41, 5.74) is 3.36.